The minimum absolute atomic E-state index is 0. The molecule has 0 saturated carbocycles. The molecule has 1 rings (SSSR count). The van der Waals surface area contributed by atoms with Crippen molar-refractivity contribution in [3.8, 4) is 0 Å². The van der Waals surface area contributed by atoms with Crippen LogP contribution in [0.25, 0.3) is 0 Å². The van der Waals surface area contributed by atoms with Crippen molar-refractivity contribution in [1.82, 2.24) is 4.98 Å². The molecule has 0 aromatic carbocycles. The molecule has 6 heteroatoms. The molecular formula is C6H4Cl2NNaO2. The first kappa shape index (κ1) is 12.2. The average Bonchev–Trinajstić information content (AvgIpc) is 1.85. The number of carboxylic acids is 1. The van der Waals surface area contributed by atoms with E-state index in [0.29, 0.717) is 0 Å². The first-order valence-electron chi connectivity index (χ1n) is 2.66. The van der Waals surface area contributed by atoms with Crippen molar-refractivity contribution in [2.75, 3.05) is 0 Å². The van der Waals surface area contributed by atoms with E-state index in [4.69, 9.17) is 28.3 Å². The molecule has 1 N–H and O–H groups in total. The Morgan fingerprint density at radius 1 is 1.33 bits per heavy atom. The van der Waals surface area contributed by atoms with Gasteiger partial charge in [-0.1, -0.05) is 23.2 Å². The van der Waals surface area contributed by atoms with Gasteiger partial charge in [-0.05, 0) is 12.1 Å². The van der Waals surface area contributed by atoms with Crippen molar-refractivity contribution >= 4 is 58.7 Å². The van der Waals surface area contributed by atoms with Crippen molar-refractivity contribution in [3.63, 3.8) is 0 Å². The van der Waals surface area contributed by atoms with Gasteiger partial charge in [-0.3, -0.25) is 0 Å². The van der Waals surface area contributed by atoms with Crippen molar-refractivity contribution in [1.29, 1.82) is 0 Å². The van der Waals surface area contributed by atoms with Gasteiger partial charge < -0.3 is 5.11 Å². The van der Waals surface area contributed by atoms with E-state index in [1.54, 1.807) is 0 Å². The standard InChI is InChI=1S/C6H3Cl2NO2.Na.H/c7-4-1-3(6(10)11)2-5(8)9-4;;/h1-2H,(H,10,11);;. The number of hydrogen-bond acceptors (Lipinski definition) is 2. The van der Waals surface area contributed by atoms with E-state index >= 15 is 0 Å². The van der Waals surface area contributed by atoms with Gasteiger partial charge >= 0.3 is 35.5 Å². The third-order valence-corrected chi connectivity index (χ3v) is 1.40. The fourth-order valence-electron chi connectivity index (χ4n) is 0.588. The summed E-state index contributed by atoms with van der Waals surface area (Å²) >= 11 is 10.9. The number of aromatic nitrogens is 1. The Hall–Kier alpha value is 0.200. The predicted molar refractivity (Wildman–Crippen MR) is 48.4 cm³/mol. The summed E-state index contributed by atoms with van der Waals surface area (Å²) in [6.07, 6.45) is 0. The number of halogens is 2. The number of nitrogens with zero attached hydrogens (tertiary/aromatic N) is 1. The zero-order valence-electron chi connectivity index (χ0n) is 5.21. The summed E-state index contributed by atoms with van der Waals surface area (Å²) in [7, 11) is 0. The van der Waals surface area contributed by atoms with E-state index < -0.39 is 5.97 Å². The molecule has 0 aliphatic carbocycles. The Bertz CT molecular complexity index is 285. The summed E-state index contributed by atoms with van der Waals surface area (Å²) in [6.45, 7) is 0. The van der Waals surface area contributed by atoms with Gasteiger partial charge in [-0.25, -0.2) is 9.78 Å². The third kappa shape index (κ3) is 3.29. The van der Waals surface area contributed by atoms with E-state index in [-0.39, 0.29) is 45.4 Å². The van der Waals surface area contributed by atoms with Gasteiger partial charge in [0.25, 0.3) is 0 Å². The maximum atomic E-state index is 10.4. The molecule has 0 amide bonds. The molecule has 0 aliphatic rings. The van der Waals surface area contributed by atoms with E-state index in [0.717, 1.165) is 0 Å². The molecule has 1 aromatic heterocycles. The fourth-order valence-corrected chi connectivity index (χ4v) is 1.05. The molecule has 0 fully saturated rings. The van der Waals surface area contributed by atoms with Crippen LogP contribution in [0.15, 0.2) is 12.1 Å². The van der Waals surface area contributed by atoms with Crippen LogP contribution in [0.3, 0.4) is 0 Å². The number of carbonyl (C=O) groups is 1. The van der Waals surface area contributed by atoms with E-state index in [2.05, 4.69) is 4.98 Å². The molecule has 0 unspecified atom stereocenters. The second-order valence-electron chi connectivity index (χ2n) is 1.81. The first-order valence-corrected chi connectivity index (χ1v) is 3.41. The number of pyridine rings is 1. The summed E-state index contributed by atoms with van der Waals surface area (Å²) < 4.78 is 0. The second kappa shape index (κ2) is 5.04. The number of rotatable bonds is 1. The Labute approximate surface area is 101 Å². The van der Waals surface area contributed by atoms with Crippen LogP contribution < -0.4 is 0 Å². The van der Waals surface area contributed by atoms with Crippen LogP contribution in [-0.2, 0) is 0 Å². The SMILES string of the molecule is O=C(O)c1cc(Cl)nc(Cl)c1.[NaH]. The normalized spacial score (nSPS) is 8.83. The average molecular weight is 216 g/mol. The summed E-state index contributed by atoms with van der Waals surface area (Å²) in [4.78, 5) is 13.9. The summed E-state index contributed by atoms with van der Waals surface area (Å²) in [5.74, 6) is -1.07. The van der Waals surface area contributed by atoms with Crippen LogP contribution in [-0.4, -0.2) is 45.6 Å². The van der Waals surface area contributed by atoms with Crippen molar-refractivity contribution < 1.29 is 9.90 Å². The van der Waals surface area contributed by atoms with E-state index in [1.165, 1.54) is 12.1 Å². The van der Waals surface area contributed by atoms with Gasteiger partial charge in [0.2, 0.25) is 0 Å². The summed E-state index contributed by atoms with van der Waals surface area (Å²) in [5, 5.41) is 8.65. The zero-order valence-corrected chi connectivity index (χ0v) is 6.73. The zero-order chi connectivity index (χ0) is 8.43. The molecule has 0 radical (unpaired) electrons. The van der Waals surface area contributed by atoms with Crippen LogP contribution in [0.5, 0.6) is 0 Å². The maximum absolute atomic E-state index is 10.4. The molecule has 0 saturated heterocycles. The number of hydrogen-bond donors (Lipinski definition) is 1. The first-order chi connectivity index (χ1) is 5.09. The molecule has 12 heavy (non-hydrogen) atoms. The number of carboxylic acid groups (broad SMARTS) is 1. The van der Waals surface area contributed by atoms with Crippen LogP contribution in [0.4, 0.5) is 0 Å². The molecule has 0 spiro atoms. The molecule has 60 valence electrons. The molecular weight excluding hydrogens is 212 g/mol. The van der Waals surface area contributed by atoms with E-state index in [1.807, 2.05) is 0 Å². The predicted octanol–water partition coefficient (Wildman–Crippen LogP) is 1.44. The minimum atomic E-state index is -1.07. The van der Waals surface area contributed by atoms with Crippen molar-refractivity contribution in [2.45, 2.75) is 0 Å². The van der Waals surface area contributed by atoms with Crippen LogP contribution >= 0.6 is 23.2 Å². The molecule has 0 aliphatic heterocycles. The molecule has 1 aromatic rings. The fraction of sp³-hybridized carbons (Fsp3) is 0. The van der Waals surface area contributed by atoms with Crippen LogP contribution in [0, 0.1) is 0 Å². The Morgan fingerprint density at radius 2 is 1.75 bits per heavy atom. The molecule has 0 bridgehead atoms. The monoisotopic (exact) mass is 215 g/mol. The van der Waals surface area contributed by atoms with Gasteiger partial charge in [0.05, 0.1) is 5.56 Å². The van der Waals surface area contributed by atoms with Crippen LogP contribution in [0.2, 0.25) is 10.3 Å². The van der Waals surface area contributed by atoms with Gasteiger partial charge in [-0.15, -0.1) is 0 Å². The van der Waals surface area contributed by atoms with Crippen molar-refractivity contribution in [2.24, 2.45) is 0 Å². The molecule has 3 nitrogen and oxygen atoms in total. The summed E-state index contributed by atoms with van der Waals surface area (Å²) in [5.41, 5.74) is 0.0370. The van der Waals surface area contributed by atoms with Gasteiger partial charge in [0, 0.05) is 0 Å². The Kier molecular flexibility index (Phi) is 5.13. The summed E-state index contributed by atoms with van der Waals surface area (Å²) in [6, 6.07) is 2.46. The van der Waals surface area contributed by atoms with Gasteiger partial charge in [-0.2, -0.15) is 0 Å². The third-order valence-electron chi connectivity index (χ3n) is 1.01. The molecule has 0 atom stereocenters. The van der Waals surface area contributed by atoms with E-state index in [9.17, 15) is 4.79 Å². The van der Waals surface area contributed by atoms with Crippen LogP contribution in [0.1, 0.15) is 10.4 Å². The van der Waals surface area contributed by atoms with Gasteiger partial charge in [0.1, 0.15) is 10.3 Å². The second-order valence-corrected chi connectivity index (χ2v) is 2.58. The molecule has 1 heterocycles. The van der Waals surface area contributed by atoms with Gasteiger partial charge in [0.15, 0.2) is 0 Å². The van der Waals surface area contributed by atoms with Crippen molar-refractivity contribution in [3.05, 3.63) is 28.0 Å². The number of aromatic carboxylic acids is 1. The topological polar surface area (TPSA) is 50.2 Å². The Balaban J connectivity index is 0.00000121. The quantitative estimate of drug-likeness (QED) is 0.570. The Morgan fingerprint density at radius 3 is 2.08 bits per heavy atom.